The second-order valence-electron chi connectivity index (χ2n) is 9.28. The van der Waals surface area contributed by atoms with E-state index in [2.05, 4.69) is 112 Å². The third kappa shape index (κ3) is 2.93. The molecule has 0 fully saturated rings. The van der Waals surface area contributed by atoms with E-state index in [9.17, 15) is 0 Å². The van der Waals surface area contributed by atoms with E-state index in [-0.39, 0.29) is 0 Å². The summed E-state index contributed by atoms with van der Waals surface area (Å²) in [5.74, 6) is 1.44. The number of hydrogen-bond acceptors (Lipinski definition) is 2. The normalized spacial score (nSPS) is 11.8. The van der Waals surface area contributed by atoms with Crippen LogP contribution in [0, 0.1) is 0 Å². The standard InChI is InChI=1S/C33H21N3O/c1-2-10-22(11-3-1)23-18-20-24(21-19-23)31-32(34-33-36(31)29-16-8-9-17-30(29)37-33)35-27-14-6-4-12-25(27)26-13-5-7-15-28(26)35/h1-21H. The second-order valence-corrected chi connectivity index (χ2v) is 9.28. The predicted octanol–water partition coefficient (Wildman–Crippen LogP) is 8.51. The van der Waals surface area contributed by atoms with Crippen LogP contribution in [0.4, 0.5) is 0 Å². The molecule has 174 valence electrons. The van der Waals surface area contributed by atoms with Crippen molar-refractivity contribution in [3.8, 4) is 28.2 Å². The van der Waals surface area contributed by atoms with Gasteiger partial charge in [-0.3, -0.25) is 8.97 Å². The summed E-state index contributed by atoms with van der Waals surface area (Å²) in [6.45, 7) is 0. The maximum Gasteiger partial charge on any atom is 0.309 e. The van der Waals surface area contributed by atoms with Gasteiger partial charge in [0, 0.05) is 16.3 Å². The summed E-state index contributed by atoms with van der Waals surface area (Å²) in [6, 6.07) is 44.4. The highest BCUT2D eigenvalue weighted by atomic mass is 16.4. The Hall–Kier alpha value is -5.09. The molecular weight excluding hydrogens is 454 g/mol. The molecule has 0 saturated heterocycles. The number of nitrogens with zero attached hydrogens (tertiary/aromatic N) is 3. The fraction of sp³-hybridized carbons (Fsp3) is 0. The zero-order chi connectivity index (χ0) is 24.3. The molecule has 0 bridgehead atoms. The van der Waals surface area contributed by atoms with Crippen LogP contribution in [0.1, 0.15) is 0 Å². The Morgan fingerprint density at radius 3 is 1.73 bits per heavy atom. The fourth-order valence-corrected chi connectivity index (χ4v) is 5.52. The number of aromatic nitrogens is 3. The zero-order valence-corrected chi connectivity index (χ0v) is 19.9. The van der Waals surface area contributed by atoms with E-state index < -0.39 is 0 Å². The number of imidazole rings is 1. The molecule has 0 N–H and O–H groups in total. The molecule has 0 unspecified atom stereocenters. The maximum absolute atomic E-state index is 6.25. The minimum Gasteiger partial charge on any atom is -0.423 e. The molecule has 0 atom stereocenters. The monoisotopic (exact) mass is 475 g/mol. The van der Waals surface area contributed by atoms with Gasteiger partial charge in [0.05, 0.1) is 16.6 Å². The minimum absolute atomic E-state index is 0.584. The van der Waals surface area contributed by atoms with Crippen LogP contribution in [0.5, 0.6) is 0 Å². The predicted molar refractivity (Wildman–Crippen MR) is 150 cm³/mol. The minimum atomic E-state index is 0.584. The fourth-order valence-electron chi connectivity index (χ4n) is 5.52. The van der Waals surface area contributed by atoms with Crippen molar-refractivity contribution in [2.45, 2.75) is 0 Å². The second kappa shape index (κ2) is 7.70. The summed E-state index contributed by atoms with van der Waals surface area (Å²) in [6.07, 6.45) is 0. The third-order valence-electron chi connectivity index (χ3n) is 7.19. The lowest BCUT2D eigenvalue weighted by Gasteiger charge is -2.10. The largest absolute Gasteiger partial charge is 0.423 e. The Morgan fingerprint density at radius 2 is 1.03 bits per heavy atom. The summed E-state index contributed by atoms with van der Waals surface area (Å²) in [5.41, 5.74) is 8.53. The van der Waals surface area contributed by atoms with E-state index in [1.54, 1.807) is 0 Å². The smallest absolute Gasteiger partial charge is 0.309 e. The lowest BCUT2D eigenvalue weighted by Crippen LogP contribution is -1.98. The highest BCUT2D eigenvalue weighted by molar-refractivity contribution is 6.09. The number of benzene rings is 5. The lowest BCUT2D eigenvalue weighted by atomic mass is 10.0. The van der Waals surface area contributed by atoms with E-state index in [1.807, 2.05) is 24.3 Å². The average Bonchev–Trinajstić information content (AvgIpc) is 3.61. The third-order valence-corrected chi connectivity index (χ3v) is 7.19. The Bertz CT molecular complexity index is 2020. The van der Waals surface area contributed by atoms with Gasteiger partial charge in [-0.15, -0.1) is 0 Å². The highest BCUT2D eigenvalue weighted by Gasteiger charge is 2.24. The van der Waals surface area contributed by atoms with Crippen LogP contribution in [0.3, 0.4) is 0 Å². The molecule has 0 amide bonds. The van der Waals surface area contributed by atoms with Crippen molar-refractivity contribution in [1.29, 1.82) is 0 Å². The molecule has 8 aromatic rings. The molecule has 37 heavy (non-hydrogen) atoms. The van der Waals surface area contributed by atoms with Crippen LogP contribution in [-0.4, -0.2) is 14.0 Å². The van der Waals surface area contributed by atoms with Crippen molar-refractivity contribution in [2.75, 3.05) is 0 Å². The van der Waals surface area contributed by atoms with Crippen LogP contribution in [0.25, 0.3) is 67.0 Å². The number of hydrogen-bond donors (Lipinski definition) is 0. The van der Waals surface area contributed by atoms with Gasteiger partial charge >= 0.3 is 5.84 Å². The molecule has 0 aliphatic carbocycles. The molecule has 0 radical (unpaired) electrons. The SMILES string of the molecule is c1ccc(-c2ccc(-c3c(-n4c5ccccc5c5ccccc54)nc4oc5ccccc5n34)cc2)cc1. The van der Waals surface area contributed by atoms with Crippen molar-refractivity contribution < 1.29 is 4.42 Å². The molecule has 0 aliphatic rings. The summed E-state index contributed by atoms with van der Waals surface area (Å²) in [5, 5.41) is 2.41. The van der Waals surface area contributed by atoms with Crippen molar-refractivity contribution in [3.63, 3.8) is 0 Å². The number of rotatable bonds is 3. The van der Waals surface area contributed by atoms with E-state index >= 15 is 0 Å². The molecule has 3 aromatic heterocycles. The number of oxazole rings is 1. The molecule has 0 aliphatic heterocycles. The van der Waals surface area contributed by atoms with Gasteiger partial charge in [-0.25, -0.2) is 0 Å². The van der Waals surface area contributed by atoms with E-state index in [4.69, 9.17) is 9.40 Å². The van der Waals surface area contributed by atoms with Gasteiger partial charge in [-0.05, 0) is 35.4 Å². The van der Waals surface area contributed by atoms with Crippen LogP contribution in [0.15, 0.2) is 132 Å². The van der Waals surface area contributed by atoms with Crippen molar-refractivity contribution >= 4 is 38.7 Å². The van der Waals surface area contributed by atoms with Crippen molar-refractivity contribution in [2.24, 2.45) is 0 Å². The van der Waals surface area contributed by atoms with Crippen molar-refractivity contribution in [1.82, 2.24) is 14.0 Å². The van der Waals surface area contributed by atoms with Gasteiger partial charge in [0.15, 0.2) is 11.4 Å². The van der Waals surface area contributed by atoms with E-state index in [0.717, 1.165) is 39.2 Å². The lowest BCUT2D eigenvalue weighted by molar-refractivity contribution is 0.641. The first-order valence-electron chi connectivity index (χ1n) is 12.4. The average molecular weight is 476 g/mol. The van der Waals surface area contributed by atoms with Gasteiger partial charge in [-0.1, -0.05) is 103 Å². The number of para-hydroxylation sites is 4. The molecule has 0 saturated carbocycles. The molecule has 4 heteroatoms. The Balaban J connectivity index is 1.46. The Labute approximate surface area is 212 Å². The molecule has 5 aromatic carbocycles. The summed E-state index contributed by atoms with van der Waals surface area (Å²) in [4.78, 5) is 5.11. The zero-order valence-electron chi connectivity index (χ0n) is 19.9. The van der Waals surface area contributed by atoms with Gasteiger partial charge < -0.3 is 4.42 Å². The molecule has 4 nitrogen and oxygen atoms in total. The van der Waals surface area contributed by atoms with Crippen molar-refractivity contribution in [3.05, 3.63) is 127 Å². The van der Waals surface area contributed by atoms with Gasteiger partial charge in [-0.2, -0.15) is 4.98 Å². The first-order chi connectivity index (χ1) is 18.4. The highest BCUT2D eigenvalue weighted by Crippen LogP contribution is 2.38. The first kappa shape index (κ1) is 20.1. The van der Waals surface area contributed by atoms with Gasteiger partial charge in [0.1, 0.15) is 5.69 Å². The molecule has 3 heterocycles. The molecule has 0 spiro atoms. The molecular formula is C33H21N3O. The summed E-state index contributed by atoms with van der Waals surface area (Å²) in [7, 11) is 0. The van der Waals surface area contributed by atoms with Gasteiger partial charge in [0.25, 0.3) is 0 Å². The van der Waals surface area contributed by atoms with Crippen LogP contribution in [-0.2, 0) is 0 Å². The maximum atomic E-state index is 6.25. The topological polar surface area (TPSA) is 35.4 Å². The van der Waals surface area contributed by atoms with E-state index in [0.29, 0.717) is 5.84 Å². The van der Waals surface area contributed by atoms with Gasteiger partial charge in [0.2, 0.25) is 0 Å². The van der Waals surface area contributed by atoms with E-state index in [1.165, 1.54) is 21.9 Å². The summed E-state index contributed by atoms with van der Waals surface area (Å²) >= 11 is 0. The molecule has 8 rings (SSSR count). The van der Waals surface area contributed by atoms with Crippen LogP contribution < -0.4 is 0 Å². The van der Waals surface area contributed by atoms with Crippen LogP contribution >= 0.6 is 0 Å². The summed E-state index contributed by atoms with van der Waals surface area (Å²) < 4.78 is 10.7. The first-order valence-corrected chi connectivity index (χ1v) is 12.4. The quantitative estimate of drug-likeness (QED) is 0.257. The Morgan fingerprint density at radius 1 is 0.486 bits per heavy atom. The number of fused-ring (bicyclic) bond motifs is 6. The Kier molecular flexibility index (Phi) is 4.19. The van der Waals surface area contributed by atoms with Crippen LogP contribution in [0.2, 0.25) is 0 Å².